The van der Waals surface area contributed by atoms with E-state index < -0.39 is 10.1 Å². The van der Waals surface area contributed by atoms with E-state index in [1.807, 2.05) is 0 Å². The molecule has 0 unspecified atom stereocenters. The van der Waals surface area contributed by atoms with Gasteiger partial charge in [-0.05, 0) is 28.8 Å². The van der Waals surface area contributed by atoms with Crippen LogP contribution in [0.1, 0.15) is 0 Å². The van der Waals surface area contributed by atoms with E-state index in [0.717, 1.165) is 6.07 Å². The van der Waals surface area contributed by atoms with Crippen LogP contribution >= 0.6 is 0 Å². The Bertz CT molecular complexity index is 720. The Hall–Kier alpha value is 1.01. The molecule has 0 aliphatic heterocycles. The summed E-state index contributed by atoms with van der Waals surface area (Å²) in [5.41, 5.74) is -0.163. The molecule has 0 atom stereocenters. The molecule has 0 fully saturated rings. The molecule has 0 aliphatic rings. The SMILES string of the molecule is O=Nc1c(O)ccc2cc(S(=O)(=O)O)ccc12.[Na+].[Na+].[Na+]. The van der Waals surface area contributed by atoms with Gasteiger partial charge in [-0.15, -0.1) is 4.91 Å². The van der Waals surface area contributed by atoms with Crippen LogP contribution in [-0.2, 0) is 10.1 Å². The van der Waals surface area contributed by atoms with Gasteiger partial charge in [-0.25, -0.2) is 0 Å². The average Bonchev–Trinajstić information content (AvgIpc) is 2.27. The van der Waals surface area contributed by atoms with E-state index in [9.17, 15) is 18.4 Å². The van der Waals surface area contributed by atoms with Gasteiger partial charge in [0.25, 0.3) is 10.1 Å². The van der Waals surface area contributed by atoms with Gasteiger partial charge in [-0.2, -0.15) is 8.42 Å². The van der Waals surface area contributed by atoms with Crippen LogP contribution < -0.4 is 88.7 Å². The summed E-state index contributed by atoms with van der Waals surface area (Å²) in [6, 6.07) is 6.28. The zero-order chi connectivity index (χ0) is 12.6. The van der Waals surface area contributed by atoms with Gasteiger partial charge in [0.05, 0.1) is 4.90 Å². The predicted molar refractivity (Wildman–Crippen MR) is 60.9 cm³/mol. The second-order valence-corrected chi connectivity index (χ2v) is 4.80. The molecule has 0 heterocycles. The number of aromatic hydroxyl groups is 1. The second-order valence-electron chi connectivity index (χ2n) is 3.38. The van der Waals surface area contributed by atoms with Crippen LogP contribution in [0.4, 0.5) is 5.69 Å². The Kier molecular flexibility index (Phi) is 10.7. The van der Waals surface area contributed by atoms with Crippen molar-refractivity contribution in [2.24, 2.45) is 5.18 Å². The zero-order valence-corrected chi connectivity index (χ0v) is 18.2. The van der Waals surface area contributed by atoms with Crippen molar-refractivity contribution in [2.75, 3.05) is 0 Å². The molecule has 0 amide bonds. The minimum Gasteiger partial charge on any atom is -0.506 e. The number of phenolic OH excluding ortho intramolecular Hbond substituents is 1. The van der Waals surface area contributed by atoms with E-state index in [-0.39, 0.29) is 105 Å². The van der Waals surface area contributed by atoms with E-state index in [0.29, 0.717) is 10.8 Å². The van der Waals surface area contributed by atoms with Crippen LogP contribution in [0.5, 0.6) is 5.75 Å². The minimum absolute atomic E-state index is 0. The summed E-state index contributed by atoms with van der Waals surface area (Å²) in [5.74, 6) is -0.285. The molecule has 2 N–H and O–H groups in total. The van der Waals surface area contributed by atoms with Gasteiger partial charge in [-0.3, -0.25) is 4.55 Å². The van der Waals surface area contributed by atoms with Crippen molar-refractivity contribution in [3.8, 4) is 5.75 Å². The normalized spacial score (nSPS) is 9.85. The fourth-order valence-corrected chi connectivity index (χ4v) is 2.05. The summed E-state index contributed by atoms with van der Waals surface area (Å²) in [5, 5.41) is 12.7. The molecule has 0 saturated carbocycles. The third kappa shape index (κ3) is 5.03. The number of fused-ring (bicyclic) bond motifs is 1. The van der Waals surface area contributed by atoms with Gasteiger partial charge in [-0.1, -0.05) is 12.1 Å². The summed E-state index contributed by atoms with van der Waals surface area (Å²) in [4.78, 5) is 10.3. The average molecular weight is 322 g/mol. The summed E-state index contributed by atoms with van der Waals surface area (Å²) >= 11 is 0. The van der Waals surface area contributed by atoms with Crippen molar-refractivity contribution in [3.63, 3.8) is 0 Å². The van der Waals surface area contributed by atoms with Crippen molar-refractivity contribution in [1.29, 1.82) is 0 Å². The number of phenols is 1. The van der Waals surface area contributed by atoms with Gasteiger partial charge in [0.15, 0.2) is 5.69 Å². The van der Waals surface area contributed by atoms with Crippen LogP contribution in [0.15, 0.2) is 40.4 Å². The Balaban J connectivity index is 0. The quantitative estimate of drug-likeness (QED) is 0.325. The standard InChI is InChI=1S/C10H7NO5S.3Na/c12-9-4-1-6-5-7(17(14,15)16)2-3-8(6)10(9)11-13;;;/h1-5,12H,(H,14,15,16);;;/q;3*+1. The third-order valence-corrected chi connectivity index (χ3v) is 3.18. The second kappa shape index (κ2) is 9.22. The van der Waals surface area contributed by atoms with Crippen molar-refractivity contribution in [2.45, 2.75) is 4.90 Å². The minimum atomic E-state index is -4.30. The first-order valence-corrected chi connectivity index (χ1v) is 5.94. The Morgan fingerprint density at radius 2 is 1.60 bits per heavy atom. The maximum absolute atomic E-state index is 10.9. The van der Waals surface area contributed by atoms with Crippen LogP contribution in [0.2, 0.25) is 0 Å². The molecule has 0 aromatic heterocycles. The molecule has 0 bridgehead atoms. The number of nitrogens with zero attached hydrogens (tertiary/aromatic N) is 1. The van der Waals surface area contributed by atoms with Gasteiger partial charge in [0.1, 0.15) is 5.75 Å². The first-order valence-electron chi connectivity index (χ1n) is 4.50. The van der Waals surface area contributed by atoms with Crippen LogP contribution in [0, 0.1) is 4.91 Å². The molecular formula is C10H7NNa3O5S+3. The summed E-state index contributed by atoms with van der Waals surface area (Å²) in [7, 11) is -4.30. The summed E-state index contributed by atoms with van der Waals surface area (Å²) in [6.07, 6.45) is 0. The molecule has 20 heavy (non-hydrogen) atoms. The van der Waals surface area contributed by atoms with Crippen molar-refractivity contribution < 1.29 is 107 Å². The van der Waals surface area contributed by atoms with E-state index >= 15 is 0 Å². The molecule has 2 aromatic rings. The Morgan fingerprint density at radius 1 is 1.00 bits per heavy atom. The van der Waals surface area contributed by atoms with E-state index in [2.05, 4.69) is 5.18 Å². The molecule has 0 aliphatic carbocycles. The molecule has 88 valence electrons. The van der Waals surface area contributed by atoms with E-state index in [4.69, 9.17) is 4.55 Å². The first-order chi connectivity index (χ1) is 7.93. The van der Waals surface area contributed by atoms with Crippen molar-refractivity contribution in [1.82, 2.24) is 0 Å². The monoisotopic (exact) mass is 322 g/mol. The van der Waals surface area contributed by atoms with Crippen LogP contribution in [-0.4, -0.2) is 18.1 Å². The topological polar surface area (TPSA) is 104 Å². The molecule has 0 radical (unpaired) electrons. The van der Waals surface area contributed by atoms with Crippen molar-refractivity contribution >= 4 is 26.6 Å². The largest absolute Gasteiger partial charge is 1.00 e. The number of hydrogen-bond donors (Lipinski definition) is 2. The number of benzene rings is 2. The number of rotatable bonds is 2. The molecule has 2 rings (SSSR count). The van der Waals surface area contributed by atoms with Gasteiger partial charge < -0.3 is 5.11 Å². The van der Waals surface area contributed by atoms with E-state index in [1.165, 1.54) is 24.3 Å². The Morgan fingerprint density at radius 3 is 2.10 bits per heavy atom. The molecule has 2 aromatic carbocycles. The zero-order valence-electron chi connectivity index (χ0n) is 11.4. The number of nitroso groups, excluding NO2 is 1. The maximum atomic E-state index is 10.9. The molecule has 0 spiro atoms. The fraction of sp³-hybridized carbons (Fsp3) is 0. The summed E-state index contributed by atoms with van der Waals surface area (Å²) < 4.78 is 30.7. The number of hydrogen-bond acceptors (Lipinski definition) is 5. The Labute approximate surface area is 181 Å². The maximum Gasteiger partial charge on any atom is 1.00 e. The third-order valence-electron chi connectivity index (χ3n) is 2.33. The van der Waals surface area contributed by atoms with Gasteiger partial charge >= 0.3 is 88.7 Å². The first kappa shape index (κ1) is 23.3. The van der Waals surface area contributed by atoms with Crippen molar-refractivity contribution in [3.05, 3.63) is 35.2 Å². The molecular weight excluding hydrogens is 315 g/mol. The van der Waals surface area contributed by atoms with Gasteiger partial charge in [0.2, 0.25) is 0 Å². The van der Waals surface area contributed by atoms with Crippen LogP contribution in [0.3, 0.4) is 0 Å². The van der Waals surface area contributed by atoms with Gasteiger partial charge in [0, 0.05) is 5.39 Å². The van der Waals surface area contributed by atoms with E-state index in [1.54, 1.807) is 0 Å². The molecule has 0 saturated heterocycles. The smallest absolute Gasteiger partial charge is 0.506 e. The van der Waals surface area contributed by atoms with Crippen LogP contribution in [0.25, 0.3) is 10.8 Å². The molecule has 10 heteroatoms. The summed E-state index contributed by atoms with van der Waals surface area (Å²) in [6.45, 7) is 0. The fourth-order valence-electron chi connectivity index (χ4n) is 1.54. The molecule has 6 nitrogen and oxygen atoms in total. The predicted octanol–water partition coefficient (Wildman–Crippen LogP) is -6.80.